The minimum absolute atomic E-state index is 0.0401. The van der Waals surface area contributed by atoms with Crippen molar-refractivity contribution >= 4 is 16.7 Å². The highest BCUT2D eigenvalue weighted by atomic mass is 19.4. The van der Waals surface area contributed by atoms with E-state index in [9.17, 15) is 23.1 Å². The average molecular weight is 602 g/mol. The summed E-state index contributed by atoms with van der Waals surface area (Å²) in [5.74, 6) is 5.70. The fraction of sp³-hybridized carbons (Fsp3) is 0.0789. The predicted molar refractivity (Wildman–Crippen MR) is 168 cm³/mol. The van der Waals surface area contributed by atoms with Gasteiger partial charge in [0, 0.05) is 34.0 Å². The molecule has 0 amide bonds. The average Bonchev–Trinajstić information content (AvgIpc) is 3.54. The van der Waals surface area contributed by atoms with Crippen LogP contribution in [0.4, 0.5) is 13.2 Å². The number of ether oxygens (including phenoxy) is 1. The summed E-state index contributed by atoms with van der Waals surface area (Å²) in [5, 5.41) is 12.3. The highest BCUT2D eigenvalue weighted by molar-refractivity contribution is 6.01. The number of aliphatic hydroxyl groups excluding tert-OH is 1. The summed E-state index contributed by atoms with van der Waals surface area (Å²) < 4.78 is 45.4. The first-order valence-corrected chi connectivity index (χ1v) is 14.2. The number of benzene rings is 5. The van der Waals surface area contributed by atoms with Crippen molar-refractivity contribution in [1.29, 1.82) is 0 Å². The van der Waals surface area contributed by atoms with Crippen molar-refractivity contribution < 1.29 is 27.8 Å². The molecule has 0 aliphatic heterocycles. The molecule has 7 heteroatoms. The Bertz CT molecular complexity index is 2040. The lowest BCUT2D eigenvalue weighted by Crippen LogP contribution is -2.14. The third-order valence-electron chi connectivity index (χ3n) is 7.42. The van der Waals surface area contributed by atoms with Gasteiger partial charge in [-0.1, -0.05) is 90.7 Å². The zero-order valence-corrected chi connectivity index (χ0v) is 23.8. The maximum atomic E-state index is 13.3. The van der Waals surface area contributed by atoms with Crippen LogP contribution < -0.4 is 4.74 Å². The number of hydrogen-bond acceptors (Lipinski definition) is 3. The van der Waals surface area contributed by atoms with Gasteiger partial charge < -0.3 is 14.8 Å². The minimum atomic E-state index is -4.51. The summed E-state index contributed by atoms with van der Waals surface area (Å²) in [6.45, 7) is -0.0401. The summed E-state index contributed by atoms with van der Waals surface area (Å²) in [6, 6.07) is 34.0. The number of aromatic nitrogens is 1. The van der Waals surface area contributed by atoms with Crippen LogP contribution in [0.1, 0.15) is 44.3 Å². The van der Waals surface area contributed by atoms with Gasteiger partial charge in [-0.05, 0) is 64.5 Å². The van der Waals surface area contributed by atoms with Crippen molar-refractivity contribution in [3.8, 4) is 28.7 Å². The molecule has 5 aromatic carbocycles. The van der Waals surface area contributed by atoms with Crippen molar-refractivity contribution in [2.45, 2.75) is 18.9 Å². The molecule has 6 rings (SSSR count). The second-order valence-corrected chi connectivity index (χ2v) is 10.4. The molecule has 1 heterocycles. The van der Waals surface area contributed by atoms with Gasteiger partial charge in [0.05, 0.1) is 5.56 Å². The standard InChI is InChI=1S/C38H26F3NO3/c39-38(40,41)32-11-4-5-12-34(32)45-24-26-15-13-25(14-16-26)17-18-28-9-6-10-31(37(44)36(43)29-7-2-1-3-8-29)35(28)30-20-19-27-21-22-42-33(27)23-30/h1-16,19-23,37,42,44H,24H2. The van der Waals surface area contributed by atoms with E-state index in [2.05, 4.69) is 16.8 Å². The Kier molecular flexibility index (Phi) is 8.24. The number of aliphatic hydroxyl groups is 1. The third-order valence-corrected chi connectivity index (χ3v) is 7.42. The predicted octanol–water partition coefficient (Wildman–Crippen LogP) is 8.75. The smallest absolute Gasteiger partial charge is 0.419 e. The molecule has 1 atom stereocenters. The summed E-state index contributed by atoms with van der Waals surface area (Å²) in [4.78, 5) is 16.5. The van der Waals surface area contributed by atoms with E-state index < -0.39 is 23.6 Å². The number of carbonyl (C=O) groups is 1. The lowest BCUT2D eigenvalue weighted by atomic mass is 9.88. The molecule has 0 spiro atoms. The Morgan fingerprint density at radius 3 is 2.36 bits per heavy atom. The van der Waals surface area contributed by atoms with Crippen molar-refractivity contribution in [2.75, 3.05) is 0 Å². The lowest BCUT2D eigenvalue weighted by Gasteiger charge is -2.17. The largest absolute Gasteiger partial charge is 0.488 e. The van der Waals surface area contributed by atoms with E-state index in [1.165, 1.54) is 18.2 Å². The van der Waals surface area contributed by atoms with Crippen molar-refractivity contribution in [3.05, 3.63) is 161 Å². The summed E-state index contributed by atoms with van der Waals surface area (Å²) in [5.41, 5.74) is 4.33. The van der Waals surface area contributed by atoms with Crippen LogP contribution in [0.2, 0.25) is 0 Å². The molecule has 0 fully saturated rings. The minimum Gasteiger partial charge on any atom is -0.488 e. The monoisotopic (exact) mass is 601 g/mol. The van der Waals surface area contributed by atoms with Crippen LogP contribution in [-0.4, -0.2) is 15.9 Å². The van der Waals surface area contributed by atoms with Crippen molar-refractivity contribution in [3.63, 3.8) is 0 Å². The van der Waals surface area contributed by atoms with Gasteiger partial charge in [-0.2, -0.15) is 13.2 Å². The lowest BCUT2D eigenvalue weighted by molar-refractivity contribution is -0.139. The number of fused-ring (bicyclic) bond motifs is 1. The molecule has 222 valence electrons. The molecule has 0 aliphatic rings. The fourth-order valence-corrected chi connectivity index (χ4v) is 5.14. The fourth-order valence-electron chi connectivity index (χ4n) is 5.14. The number of Topliss-reactive ketones (excluding diaryl/α,β-unsaturated/α-hetero) is 1. The van der Waals surface area contributed by atoms with E-state index in [1.807, 2.05) is 42.6 Å². The number of para-hydroxylation sites is 1. The summed E-state index contributed by atoms with van der Waals surface area (Å²) >= 11 is 0. The van der Waals surface area contributed by atoms with Gasteiger partial charge in [0.15, 0.2) is 5.78 Å². The van der Waals surface area contributed by atoms with Gasteiger partial charge in [0.1, 0.15) is 18.5 Å². The third kappa shape index (κ3) is 6.52. The molecule has 2 N–H and O–H groups in total. The zero-order valence-electron chi connectivity index (χ0n) is 23.8. The van der Waals surface area contributed by atoms with Crippen LogP contribution in [0.25, 0.3) is 22.0 Å². The van der Waals surface area contributed by atoms with Gasteiger partial charge in [0.25, 0.3) is 0 Å². The van der Waals surface area contributed by atoms with E-state index in [-0.39, 0.29) is 12.4 Å². The number of H-pyrrole nitrogens is 1. The Labute approximate surface area is 257 Å². The second kappa shape index (κ2) is 12.6. The first-order valence-electron chi connectivity index (χ1n) is 14.2. The Balaban J connectivity index is 1.31. The molecule has 4 nitrogen and oxygen atoms in total. The second-order valence-electron chi connectivity index (χ2n) is 10.4. The number of rotatable bonds is 7. The van der Waals surface area contributed by atoms with E-state index in [4.69, 9.17) is 4.74 Å². The van der Waals surface area contributed by atoms with Crippen LogP contribution in [0.5, 0.6) is 5.75 Å². The first-order chi connectivity index (χ1) is 21.8. The Hall–Kier alpha value is -5.58. The molecule has 1 unspecified atom stereocenters. The number of alkyl halides is 3. The SMILES string of the molecule is O=C(c1ccccc1)C(O)c1cccc(C#Cc2ccc(COc3ccccc3C(F)(F)F)cc2)c1-c1ccc2cc[nH]c2c1. The van der Waals surface area contributed by atoms with E-state index >= 15 is 0 Å². The number of hydrogen-bond donors (Lipinski definition) is 2. The molecule has 0 saturated heterocycles. The number of nitrogens with one attached hydrogen (secondary N) is 1. The first kappa shape index (κ1) is 29.5. The Morgan fingerprint density at radius 1 is 0.822 bits per heavy atom. The van der Waals surface area contributed by atoms with Crippen LogP contribution >= 0.6 is 0 Å². The highest BCUT2D eigenvalue weighted by Crippen LogP contribution is 2.37. The molecule has 0 bridgehead atoms. The van der Waals surface area contributed by atoms with E-state index in [0.717, 1.165) is 22.5 Å². The molecule has 45 heavy (non-hydrogen) atoms. The highest BCUT2D eigenvalue weighted by Gasteiger charge is 2.34. The van der Waals surface area contributed by atoms with E-state index in [1.54, 1.807) is 60.7 Å². The topological polar surface area (TPSA) is 62.3 Å². The van der Waals surface area contributed by atoms with Crippen LogP contribution in [0, 0.1) is 11.8 Å². The van der Waals surface area contributed by atoms with Crippen LogP contribution in [0.15, 0.2) is 128 Å². The molecule has 6 aromatic rings. The molecule has 0 radical (unpaired) electrons. The van der Waals surface area contributed by atoms with Gasteiger partial charge in [-0.25, -0.2) is 0 Å². The maximum Gasteiger partial charge on any atom is 0.419 e. The molecule has 0 aliphatic carbocycles. The van der Waals surface area contributed by atoms with Crippen molar-refractivity contribution in [2.24, 2.45) is 0 Å². The summed E-state index contributed by atoms with van der Waals surface area (Å²) in [6.07, 6.45) is -4.08. The number of ketones is 1. The van der Waals surface area contributed by atoms with Gasteiger partial charge in [-0.15, -0.1) is 0 Å². The van der Waals surface area contributed by atoms with Gasteiger partial charge >= 0.3 is 6.18 Å². The zero-order chi connectivity index (χ0) is 31.4. The van der Waals surface area contributed by atoms with Crippen LogP contribution in [-0.2, 0) is 12.8 Å². The molecular weight excluding hydrogens is 575 g/mol. The quantitative estimate of drug-likeness (QED) is 0.142. The van der Waals surface area contributed by atoms with E-state index in [0.29, 0.717) is 33.4 Å². The molecule has 1 aromatic heterocycles. The van der Waals surface area contributed by atoms with Gasteiger partial charge in [0.2, 0.25) is 0 Å². The normalized spacial score (nSPS) is 11.9. The van der Waals surface area contributed by atoms with Gasteiger partial charge in [-0.3, -0.25) is 4.79 Å². The van der Waals surface area contributed by atoms with Crippen molar-refractivity contribution in [1.82, 2.24) is 4.98 Å². The maximum absolute atomic E-state index is 13.3. The number of aromatic amines is 1. The van der Waals surface area contributed by atoms with Crippen LogP contribution in [0.3, 0.4) is 0 Å². The Morgan fingerprint density at radius 2 is 1.58 bits per heavy atom. The number of halogens is 3. The molecule has 0 saturated carbocycles. The number of carbonyl (C=O) groups excluding carboxylic acids is 1. The summed E-state index contributed by atoms with van der Waals surface area (Å²) in [7, 11) is 0. The molecular formula is C38H26F3NO3.